The van der Waals surface area contributed by atoms with Crippen molar-refractivity contribution < 1.29 is 22.7 Å². The highest BCUT2D eigenvalue weighted by Gasteiger charge is 2.44. The molecule has 10 heteroatoms. The fraction of sp³-hybridized carbons (Fsp3) is 0.419. The number of hydrogen-bond donors (Lipinski definition) is 3. The molecule has 53 heavy (non-hydrogen) atoms. The summed E-state index contributed by atoms with van der Waals surface area (Å²) >= 11 is 0. The molecule has 1 saturated heterocycles. The van der Waals surface area contributed by atoms with Crippen LogP contribution in [-0.2, 0) is 25.9 Å². The predicted molar refractivity (Wildman–Crippen MR) is 210 cm³/mol. The zero-order chi connectivity index (χ0) is 37.5. The number of nitrogens with zero attached hydrogens (tertiary/aromatic N) is 1. The molecule has 2 fully saturated rings. The Hall–Kier alpha value is -4.22. The van der Waals surface area contributed by atoms with E-state index in [9.17, 15) is 13.2 Å². The summed E-state index contributed by atoms with van der Waals surface area (Å²) in [5, 5.41) is 4.02. The summed E-state index contributed by atoms with van der Waals surface area (Å²) in [6.07, 6.45) is 4.34. The zero-order valence-electron chi connectivity index (χ0n) is 31.4. The van der Waals surface area contributed by atoms with Crippen molar-refractivity contribution in [2.45, 2.75) is 87.9 Å². The normalized spacial score (nSPS) is 20.4. The molecule has 0 unspecified atom stereocenters. The summed E-state index contributed by atoms with van der Waals surface area (Å²) in [7, 11) is -2.52. The molecule has 2 aliphatic rings. The van der Waals surface area contributed by atoms with E-state index in [1.54, 1.807) is 27.9 Å². The third kappa shape index (κ3) is 9.12. The molecule has 0 radical (unpaired) electrons. The second-order valence-corrected chi connectivity index (χ2v) is 17.0. The molecule has 1 aliphatic heterocycles. The van der Waals surface area contributed by atoms with Crippen LogP contribution in [0.15, 0.2) is 115 Å². The largest absolute Gasteiger partial charge is 0.497 e. The minimum atomic E-state index is -4.15. The number of amides is 1. The Morgan fingerprint density at radius 2 is 1.26 bits per heavy atom. The van der Waals surface area contributed by atoms with Crippen LogP contribution in [0, 0.1) is 0 Å². The highest BCUT2D eigenvalue weighted by molar-refractivity contribution is 7.88. The van der Waals surface area contributed by atoms with E-state index < -0.39 is 32.9 Å². The van der Waals surface area contributed by atoms with Gasteiger partial charge in [0.2, 0.25) is 0 Å². The molecule has 4 aromatic carbocycles. The summed E-state index contributed by atoms with van der Waals surface area (Å²) in [5.41, 5.74) is 3.10. The van der Waals surface area contributed by atoms with Gasteiger partial charge in [0.25, 0.3) is 0 Å². The standard InChI is InChI=1S/C43H54N4O5S/c1-41(2,3)52-40(48)46-53(49,50)44-32-42(36-21-14-22-39(31-36)51-4)27-23-37(24-28-42)45-38-25-29-47(30-26-38)43(33-15-8-5-9-16-33,34-17-10-6-11-18-34)35-19-12-7-13-20-35/h5-22,31,37-38,44-45H,23-30,32H2,1-4H3,(H,46,48). The van der Waals surface area contributed by atoms with E-state index in [2.05, 4.69) is 106 Å². The van der Waals surface area contributed by atoms with Crippen molar-refractivity contribution in [3.63, 3.8) is 0 Å². The van der Waals surface area contributed by atoms with E-state index in [1.165, 1.54) is 16.7 Å². The molecule has 1 amide bonds. The molecular weight excluding hydrogens is 685 g/mol. The molecule has 0 aromatic heterocycles. The third-order valence-electron chi connectivity index (χ3n) is 10.9. The number of nitrogens with one attached hydrogen (secondary N) is 3. The molecule has 1 aliphatic carbocycles. The van der Waals surface area contributed by atoms with Crippen molar-refractivity contribution >= 4 is 16.3 Å². The van der Waals surface area contributed by atoms with Crippen LogP contribution in [0.5, 0.6) is 5.75 Å². The lowest BCUT2D eigenvalue weighted by molar-refractivity contribution is 0.0569. The van der Waals surface area contributed by atoms with E-state index >= 15 is 0 Å². The van der Waals surface area contributed by atoms with E-state index in [0.717, 1.165) is 62.9 Å². The second kappa shape index (κ2) is 16.4. The average Bonchev–Trinajstić information content (AvgIpc) is 3.16. The Morgan fingerprint density at radius 3 is 1.75 bits per heavy atom. The maximum absolute atomic E-state index is 13.0. The minimum absolute atomic E-state index is 0.143. The molecule has 9 nitrogen and oxygen atoms in total. The first-order valence-electron chi connectivity index (χ1n) is 18.8. The summed E-state index contributed by atoms with van der Waals surface area (Å²) < 4.78 is 41.4. The summed E-state index contributed by atoms with van der Waals surface area (Å²) in [6.45, 7) is 7.07. The Kier molecular flexibility index (Phi) is 11.9. The number of ether oxygens (including phenoxy) is 2. The van der Waals surface area contributed by atoms with Crippen LogP contribution < -0.4 is 19.5 Å². The van der Waals surface area contributed by atoms with E-state index in [1.807, 2.05) is 29.0 Å². The minimum Gasteiger partial charge on any atom is -0.497 e. The lowest BCUT2D eigenvalue weighted by atomic mass is 9.68. The van der Waals surface area contributed by atoms with E-state index in [4.69, 9.17) is 9.47 Å². The zero-order valence-corrected chi connectivity index (χ0v) is 32.2. The van der Waals surface area contributed by atoms with Crippen molar-refractivity contribution in [3.05, 3.63) is 138 Å². The lowest BCUT2D eigenvalue weighted by Gasteiger charge is -2.49. The smallest absolute Gasteiger partial charge is 0.422 e. The number of piperidine rings is 1. The number of benzene rings is 4. The van der Waals surface area contributed by atoms with Gasteiger partial charge in [-0.15, -0.1) is 0 Å². The predicted octanol–water partition coefficient (Wildman–Crippen LogP) is 7.28. The van der Waals surface area contributed by atoms with Gasteiger partial charge < -0.3 is 14.8 Å². The number of carbonyl (C=O) groups excluding carboxylic acids is 1. The molecular formula is C43H54N4O5S. The molecule has 1 saturated carbocycles. The van der Waals surface area contributed by atoms with Gasteiger partial charge >= 0.3 is 16.3 Å². The SMILES string of the molecule is COc1cccc(C2(CNS(=O)(=O)NC(=O)OC(C)(C)C)CCC(NC3CCN(C(c4ccccc4)(c4ccccc4)c4ccccc4)CC3)CC2)c1. The Labute approximate surface area is 315 Å². The van der Waals surface area contributed by atoms with Gasteiger partial charge in [0.1, 0.15) is 11.4 Å². The lowest BCUT2D eigenvalue weighted by Crippen LogP contribution is -2.55. The van der Waals surface area contributed by atoms with Gasteiger partial charge in [-0.25, -0.2) is 9.52 Å². The monoisotopic (exact) mass is 738 g/mol. The van der Waals surface area contributed by atoms with Crippen LogP contribution in [0.2, 0.25) is 0 Å². The van der Waals surface area contributed by atoms with Crippen molar-refractivity contribution in [3.8, 4) is 5.75 Å². The molecule has 0 spiro atoms. The molecule has 4 aromatic rings. The van der Waals surface area contributed by atoms with Crippen molar-refractivity contribution in [1.29, 1.82) is 0 Å². The van der Waals surface area contributed by atoms with Crippen molar-refractivity contribution in [1.82, 2.24) is 19.7 Å². The maximum Gasteiger partial charge on any atom is 0.422 e. The van der Waals surface area contributed by atoms with E-state index in [-0.39, 0.29) is 6.54 Å². The number of likely N-dealkylation sites (tertiary alicyclic amines) is 1. The first-order chi connectivity index (χ1) is 25.4. The molecule has 0 atom stereocenters. The first kappa shape index (κ1) is 38.5. The van der Waals surface area contributed by atoms with Gasteiger partial charge in [0, 0.05) is 37.1 Å². The van der Waals surface area contributed by atoms with Crippen LogP contribution in [-0.4, -0.2) is 63.8 Å². The van der Waals surface area contributed by atoms with E-state index in [0.29, 0.717) is 12.1 Å². The Bertz CT molecular complexity index is 1790. The van der Waals surface area contributed by atoms with Gasteiger partial charge in [-0.05, 0) is 93.7 Å². The highest BCUT2D eigenvalue weighted by atomic mass is 32.2. The number of rotatable bonds is 12. The fourth-order valence-corrected chi connectivity index (χ4v) is 9.14. The van der Waals surface area contributed by atoms with Gasteiger partial charge in [-0.3, -0.25) is 4.90 Å². The first-order valence-corrected chi connectivity index (χ1v) is 20.2. The molecule has 1 heterocycles. The summed E-state index contributed by atoms with van der Waals surface area (Å²) in [5.74, 6) is 0.723. The number of carbonyl (C=O) groups is 1. The highest BCUT2D eigenvalue weighted by Crippen LogP contribution is 2.44. The van der Waals surface area contributed by atoms with Crippen LogP contribution in [0.25, 0.3) is 0 Å². The fourth-order valence-electron chi connectivity index (χ4n) is 8.34. The topological polar surface area (TPSA) is 109 Å². The van der Waals surface area contributed by atoms with Crippen LogP contribution in [0.1, 0.15) is 81.5 Å². The molecule has 282 valence electrons. The summed E-state index contributed by atoms with van der Waals surface area (Å²) in [6, 6.07) is 41.2. The second-order valence-electron chi connectivity index (χ2n) is 15.5. The molecule has 3 N–H and O–H groups in total. The van der Waals surface area contributed by atoms with Gasteiger partial charge in [0.15, 0.2) is 0 Å². The number of hydrogen-bond acceptors (Lipinski definition) is 7. The van der Waals surface area contributed by atoms with Crippen molar-refractivity contribution in [2.24, 2.45) is 0 Å². The number of methoxy groups -OCH3 is 1. The van der Waals surface area contributed by atoms with Crippen LogP contribution >= 0.6 is 0 Å². The average molecular weight is 739 g/mol. The summed E-state index contributed by atoms with van der Waals surface area (Å²) in [4.78, 5) is 15.0. The van der Waals surface area contributed by atoms with Crippen LogP contribution in [0.4, 0.5) is 4.79 Å². The van der Waals surface area contributed by atoms with Crippen molar-refractivity contribution in [2.75, 3.05) is 26.7 Å². The third-order valence-corrected chi connectivity index (χ3v) is 11.8. The van der Waals surface area contributed by atoms with Gasteiger partial charge in [-0.1, -0.05) is 103 Å². The maximum atomic E-state index is 13.0. The quantitative estimate of drug-likeness (QED) is 0.131. The molecule has 0 bridgehead atoms. The Morgan fingerprint density at radius 1 is 0.755 bits per heavy atom. The molecule has 6 rings (SSSR count). The van der Waals surface area contributed by atoms with Gasteiger partial charge in [-0.2, -0.15) is 13.1 Å². The van der Waals surface area contributed by atoms with Crippen LogP contribution in [0.3, 0.4) is 0 Å². The Balaban J connectivity index is 1.15. The van der Waals surface area contributed by atoms with Gasteiger partial charge in [0.05, 0.1) is 12.6 Å².